The van der Waals surface area contributed by atoms with E-state index < -0.39 is 11.6 Å². The molecular formula is C15H11F2N3. The number of para-hydroxylation sites is 1. The van der Waals surface area contributed by atoms with E-state index in [1.165, 1.54) is 12.1 Å². The van der Waals surface area contributed by atoms with Crippen molar-refractivity contribution in [1.82, 2.24) is 9.97 Å². The van der Waals surface area contributed by atoms with Gasteiger partial charge in [0.2, 0.25) is 5.95 Å². The number of benzene rings is 2. The third-order valence-electron chi connectivity index (χ3n) is 2.94. The summed E-state index contributed by atoms with van der Waals surface area (Å²) in [6, 6.07) is 11.1. The van der Waals surface area contributed by atoms with E-state index in [2.05, 4.69) is 15.3 Å². The highest BCUT2D eigenvalue weighted by Gasteiger charge is 2.05. The molecule has 0 aliphatic carbocycles. The van der Waals surface area contributed by atoms with Crippen LogP contribution >= 0.6 is 0 Å². The Morgan fingerprint density at radius 3 is 2.75 bits per heavy atom. The monoisotopic (exact) mass is 271 g/mol. The van der Waals surface area contributed by atoms with Crippen LogP contribution in [-0.2, 0) is 6.54 Å². The summed E-state index contributed by atoms with van der Waals surface area (Å²) < 4.78 is 26.3. The van der Waals surface area contributed by atoms with Gasteiger partial charge in [0.25, 0.3) is 0 Å². The van der Waals surface area contributed by atoms with Crippen LogP contribution in [0.4, 0.5) is 14.7 Å². The number of anilines is 1. The van der Waals surface area contributed by atoms with Crippen molar-refractivity contribution in [2.24, 2.45) is 0 Å². The third kappa shape index (κ3) is 2.56. The molecule has 1 aromatic heterocycles. The Kier molecular flexibility index (Phi) is 3.25. The molecule has 0 aliphatic rings. The molecule has 0 bridgehead atoms. The first-order chi connectivity index (χ1) is 9.72. The normalized spacial score (nSPS) is 10.7. The maximum atomic E-state index is 13.5. The van der Waals surface area contributed by atoms with Crippen LogP contribution in [0.15, 0.2) is 48.7 Å². The zero-order chi connectivity index (χ0) is 13.9. The summed E-state index contributed by atoms with van der Waals surface area (Å²) in [6.07, 6.45) is 1.70. The van der Waals surface area contributed by atoms with Crippen molar-refractivity contribution in [3.05, 3.63) is 65.9 Å². The topological polar surface area (TPSA) is 37.8 Å². The zero-order valence-electron chi connectivity index (χ0n) is 10.5. The molecule has 3 rings (SSSR count). The molecule has 0 amide bonds. The molecule has 1 N–H and O–H groups in total. The largest absolute Gasteiger partial charge is 0.350 e. The summed E-state index contributed by atoms with van der Waals surface area (Å²) in [6.45, 7) is 0.199. The van der Waals surface area contributed by atoms with E-state index in [-0.39, 0.29) is 6.54 Å². The van der Waals surface area contributed by atoms with Crippen LogP contribution in [0.2, 0.25) is 0 Å². The molecule has 20 heavy (non-hydrogen) atoms. The van der Waals surface area contributed by atoms with Gasteiger partial charge in [-0.2, -0.15) is 0 Å². The molecule has 0 fully saturated rings. The predicted octanol–water partition coefficient (Wildman–Crippen LogP) is 3.52. The Morgan fingerprint density at radius 2 is 1.90 bits per heavy atom. The van der Waals surface area contributed by atoms with Gasteiger partial charge in [-0.3, -0.25) is 0 Å². The van der Waals surface area contributed by atoms with Crippen molar-refractivity contribution < 1.29 is 8.78 Å². The minimum atomic E-state index is -0.590. The highest BCUT2D eigenvalue weighted by Crippen LogP contribution is 2.14. The molecule has 3 aromatic rings. The van der Waals surface area contributed by atoms with Crippen LogP contribution in [0.25, 0.3) is 10.9 Å². The summed E-state index contributed by atoms with van der Waals surface area (Å²) in [7, 11) is 0. The SMILES string of the molecule is Fc1ccc(CNc2ncc3ccccc3n2)c(F)c1. The smallest absolute Gasteiger partial charge is 0.223 e. The van der Waals surface area contributed by atoms with Gasteiger partial charge in [-0.25, -0.2) is 18.7 Å². The first-order valence-electron chi connectivity index (χ1n) is 6.12. The Balaban J connectivity index is 1.79. The van der Waals surface area contributed by atoms with Gasteiger partial charge in [0.15, 0.2) is 0 Å². The lowest BCUT2D eigenvalue weighted by Gasteiger charge is -2.06. The number of hydrogen-bond acceptors (Lipinski definition) is 3. The summed E-state index contributed by atoms with van der Waals surface area (Å²) >= 11 is 0. The average molecular weight is 271 g/mol. The number of hydrogen-bond donors (Lipinski definition) is 1. The molecule has 5 heteroatoms. The Labute approximate surface area is 114 Å². The van der Waals surface area contributed by atoms with Crippen LogP contribution in [0.5, 0.6) is 0 Å². The minimum Gasteiger partial charge on any atom is -0.350 e. The number of halogens is 2. The molecule has 2 aromatic carbocycles. The van der Waals surface area contributed by atoms with Gasteiger partial charge < -0.3 is 5.32 Å². The molecule has 0 atom stereocenters. The van der Waals surface area contributed by atoms with Crippen LogP contribution in [0.1, 0.15) is 5.56 Å². The molecular weight excluding hydrogens is 260 g/mol. The molecule has 3 nitrogen and oxygen atoms in total. The first kappa shape index (κ1) is 12.5. The van der Waals surface area contributed by atoms with Crippen LogP contribution < -0.4 is 5.32 Å². The summed E-state index contributed by atoms with van der Waals surface area (Å²) in [4.78, 5) is 8.47. The zero-order valence-corrected chi connectivity index (χ0v) is 10.5. The molecule has 0 saturated heterocycles. The van der Waals surface area contributed by atoms with Gasteiger partial charge in [-0.15, -0.1) is 0 Å². The van der Waals surface area contributed by atoms with Gasteiger partial charge >= 0.3 is 0 Å². The average Bonchev–Trinajstić information content (AvgIpc) is 2.46. The van der Waals surface area contributed by atoms with Crippen molar-refractivity contribution in [1.29, 1.82) is 0 Å². The minimum absolute atomic E-state index is 0.199. The highest BCUT2D eigenvalue weighted by molar-refractivity contribution is 5.78. The molecule has 0 radical (unpaired) electrons. The second-order valence-electron chi connectivity index (χ2n) is 4.34. The van der Waals surface area contributed by atoms with E-state index in [1.807, 2.05) is 24.3 Å². The van der Waals surface area contributed by atoms with Crippen molar-refractivity contribution in [3.8, 4) is 0 Å². The molecule has 0 aliphatic heterocycles. The molecule has 0 saturated carbocycles. The van der Waals surface area contributed by atoms with Crippen LogP contribution in [-0.4, -0.2) is 9.97 Å². The van der Waals surface area contributed by atoms with Crippen molar-refractivity contribution in [2.75, 3.05) is 5.32 Å². The van der Waals surface area contributed by atoms with Crippen molar-refractivity contribution in [3.63, 3.8) is 0 Å². The third-order valence-corrected chi connectivity index (χ3v) is 2.94. The second kappa shape index (κ2) is 5.21. The molecule has 100 valence electrons. The van der Waals surface area contributed by atoms with Crippen LogP contribution in [0.3, 0.4) is 0 Å². The predicted molar refractivity (Wildman–Crippen MR) is 73.2 cm³/mol. The maximum absolute atomic E-state index is 13.5. The Bertz CT molecular complexity index is 759. The van der Waals surface area contributed by atoms with E-state index in [0.29, 0.717) is 11.5 Å². The number of nitrogens with zero attached hydrogens (tertiary/aromatic N) is 2. The van der Waals surface area contributed by atoms with Gasteiger partial charge in [-0.1, -0.05) is 24.3 Å². The summed E-state index contributed by atoms with van der Waals surface area (Å²) in [5.41, 5.74) is 1.17. The lowest BCUT2D eigenvalue weighted by Crippen LogP contribution is -2.05. The van der Waals surface area contributed by atoms with E-state index in [4.69, 9.17) is 0 Å². The van der Waals surface area contributed by atoms with E-state index >= 15 is 0 Å². The number of nitrogens with one attached hydrogen (secondary N) is 1. The summed E-state index contributed by atoms with van der Waals surface area (Å²) in [5.74, 6) is -0.765. The van der Waals surface area contributed by atoms with Gasteiger partial charge in [0.1, 0.15) is 11.6 Å². The lowest BCUT2D eigenvalue weighted by molar-refractivity contribution is 0.574. The number of rotatable bonds is 3. The summed E-state index contributed by atoms with van der Waals surface area (Å²) in [5, 5.41) is 3.86. The standard InChI is InChI=1S/C15H11F2N3/c16-12-6-5-10(13(17)7-12)8-18-15-19-9-11-3-1-2-4-14(11)20-15/h1-7,9H,8H2,(H,18,19,20). The Hall–Kier alpha value is -2.56. The van der Waals surface area contributed by atoms with Crippen LogP contribution in [0, 0.1) is 11.6 Å². The van der Waals surface area contributed by atoms with E-state index in [1.54, 1.807) is 6.20 Å². The number of aromatic nitrogens is 2. The second-order valence-corrected chi connectivity index (χ2v) is 4.34. The fourth-order valence-electron chi connectivity index (χ4n) is 1.90. The quantitative estimate of drug-likeness (QED) is 0.792. The first-order valence-corrected chi connectivity index (χ1v) is 6.12. The van der Waals surface area contributed by atoms with Gasteiger partial charge in [-0.05, 0) is 12.1 Å². The molecule has 0 spiro atoms. The van der Waals surface area contributed by atoms with E-state index in [9.17, 15) is 8.78 Å². The van der Waals surface area contributed by atoms with E-state index in [0.717, 1.165) is 17.0 Å². The van der Waals surface area contributed by atoms with Gasteiger partial charge in [0, 0.05) is 29.8 Å². The number of fused-ring (bicyclic) bond motifs is 1. The van der Waals surface area contributed by atoms with Crippen molar-refractivity contribution >= 4 is 16.9 Å². The van der Waals surface area contributed by atoms with Gasteiger partial charge in [0.05, 0.1) is 5.52 Å². The fourth-order valence-corrected chi connectivity index (χ4v) is 1.90. The lowest BCUT2D eigenvalue weighted by atomic mass is 10.2. The Morgan fingerprint density at radius 1 is 1.05 bits per heavy atom. The molecule has 1 heterocycles. The highest BCUT2D eigenvalue weighted by atomic mass is 19.1. The maximum Gasteiger partial charge on any atom is 0.223 e. The van der Waals surface area contributed by atoms with Crippen molar-refractivity contribution in [2.45, 2.75) is 6.54 Å². The fraction of sp³-hybridized carbons (Fsp3) is 0.0667. The molecule has 0 unspecified atom stereocenters.